The number of para-hydroxylation sites is 1. The fourth-order valence-electron chi connectivity index (χ4n) is 2.40. The predicted molar refractivity (Wildman–Crippen MR) is 95.5 cm³/mol. The maximum Gasteiger partial charge on any atom is 0.258 e. The minimum Gasteiger partial charge on any atom is -0.494 e. The molecule has 128 valence electrons. The summed E-state index contributed by atoms with van der Waals surface area (Å²) in [6, 6.07) is 15.5. The number of benzene rings is 2. The lowest BCUT2D eigenvalue weighted by molar-refractivity contribution is -0.123. The van der Waals surface area contributed by atoms with Crippen molar-refractivity contribution in [1.82, 2.24) is 5.32 Å². The van der Waals surface area contributed by atoms with Crippen LogP contribution in [0.5, 0.6) is 11.5 Å². The molecule has 0 saturated carbocycles. The molecule has 2 aromatic rings. The van der Waals surface area contributed by atoms with Crippen molar-refractivity contribution < 1.29 is 14.3 Å². The molecule has 1 amide bonds. The Morgan fingerprint density at radius 2 is 1.88 bits per heavy atom. The minimum absolute atomic E-state index is 0.00881. The molecule has 0 radical (unpaired) electrons. The molecular weight excluding hydrogens is 302 g/mol. The van der Waals surface area contributed by atoms with Crippen LogP contribution in [0.4, 0.5) is 0 Å². The number of rotatable bonds is 8. The van der Waals surface area contributed by atoms with Crippen LogP contribution in [0.3, 0.4) is 0 Å². The first-order chi connectivity index (χ1) is 11.6. The van der Waals surface area contributed by atoms with Gasteiger partial charge in [-0.25, -0.2) is 0 Å². The number of hydrogen-bond donors (Lipinski definition) is 1. The first-order valence-corrected chi connectivity index (χ1v) is 8.30. The van der Waals surface area contributed by atoms with E-state index in [-0.39, 0.29) is 12.5 Å². The summed E-state index contributed by atoms with van der Waals surface area (Å²) in [5.74, 6) is 1.79. The highest BCUT2D eigenvalue weighted by atomic mass is 16.5. The number of nitrogens with one attached hydrogen (secondary N) is 1. The van der Waals surface area contributed by atoms with Gasteiger partial charge in [0.2, 0.25) is 0 Å². The van der Waals surface area contributed by atoms with Gasteiger partial charge in [-0.3, -0.25) is 4.79 Å². The summed E-state index contributed by atoms with van der Waals surface area (Å²) in [5.41, 5.74) is 2.10. The molecule has 1 N–H and O–H groups in total. The van der Waals surface area contributed by atoms with E-state index < -0.39 is 0 Å². The van der Waals surface area contributed by atoms with Gasteiger partial charge in [0.1, 0.15) is 11.5 Å². The molecule has 0 bridgehead atoms. The van der Waals surface area contributed by atoms with Gasteiger partial charge in [-0.1, -0.05) is 44.2 Å². The van der Waals surface area contributed by atoms with Gasteiger partial charge in [0, 0.05) is 6.54 Å². The average Bonchev–Trinajstić information content (AvgIpc) is 2.59. The van der Waals surface area contributed by atoms with E-state index in [1.54, 1.807) is 0 Å². The molecule has 0 atom stereocenters. The second kappa shape index (κ2) is 8.96. The second-order valence-corrected chi connectivity index (χ2v) is 5.84. The Bertz CT molecular complexity index is 667. The Morgan fingerprint density at radius 1 is 1.08 bits per heavy atom. The van der Waals surface area contributed by atoms with Crippen molar-refractivity contribution in [1.29, 1.82) is 0 Å². The Balaban J connectivity index is 1.85. The van der Waals surface area contributed by atoms with E-state index >= 15 is 0 Å². The van der Waals surface area contributed by atoms with E-state index in [0.717, 1.165) is 22.6 Å². The highest BCUT2D eigenvalue weighted by Crippen LogP contribution is 2.25. The number of carbonyl (C=O) groups is 1. The Morgan fingerprint density at radius 3 is 2.62 bits per heavy atom. The summed E-state index contributed by atoms with van der Waals surface area (Å²) in [6.07, 6.45) is 0. The molecular formula is C20H25NO3. The van der Waals surface area contributed by atoms with Crippen LogP contribution < -0.4 is 14.8 Å². The van der Waals surface area contributed by atoms with Crippen LogP contribution in [0.1, 0.15) is 37.8 Å². The zero-order chi connectivity index (χ0) is 17.4. The molecule has 4 nitrogen and oxygen atoms in total. The van der Waals surface area contributed by atoms with Crippen LogP contribution in [-0.2, 0) is 11.3 Å². The van der Waals surface area contributed by atoms with Crippen LogP contribution >= 0.6 is 0 Å². The molecule has 0 spiro atoms. The summed E-state index contributed by atoms with van der Waals surface area (Å²) < 4.78 is 11.1. The third-order valence-corrected chi connectivity index (χ3v) is 3.60. The molecule has 0 aliphatic carbocycles. The van der Waals surface area contributed by atoms with Crippen molar-refractivity contribution in [2.24, 2.45) is 0 Å². The molecule has 0 heterocycles. The summed E-state index contributed by atoms with van der Waals surface area (Å²) >= 11 is 0. The fraction of sp³-hybridized carbons (Fsp3) is 0.350. The summed E-state index contributed by atoms with van der Waals surface area (Å²) in [6.45, 7) is 7.24. The van der Waals surface area contributed by atoms with Crippen LogP contribution in [0.2, 0.25) is 0 Å². The highest BCUT2D eigenvalue weighted by Gasteiger charge is 2.09. The molecule has 0 aromatic heterocycles. The minimum atomic E-state index is -0.143. The van der Waals surface area contributed by atoms with E-state index in [9.17, 15) is 4.79 Å². The Hall–Kier alpha value is -2.49. The molecule has 0 aliphatic heterocycles. The number of ether oxygens (including phenoxy) is 2. The highest BCUT2D eigenvalue weighted by molar-refractivity contribution is 5.77. The van der Waals surface area contributed by atoms with Crippen LogP contribution in [0.15, 0.2) is 48.5 Å². The van der Waals surface area contributed by atoms with Crippen LogP contribution in [0, 0.1) is 0 Å². The van der Waals surface area contributed by atoms with Gasteiger partial charge in [0.15, 0.2) is 6.61 Å². The molecule has 0 fully saturated rings. The molecule has 0 unspecified atom stereocenters. The molecule has 0 saturated heterocycles. The standard InChI is InChI=1S/C20H25NO3/c1-4-23-17-9-7-8-16(12-17)13-21-20(22)14-24-19-11-6-5-10-18(19)15(2)3/h5-12,15H,4,13-14H2,1-3H3,(H,21,22). The van der Waals surface area contributed by atoms with Crippen molar-refractivity contribution in [3.05, 3.63) is 59.7 Å². The monoisotopic (exact) mass is 327 g/mol. The van der Waals surface area contributed by atoms with Crippen molar-refractivity contribution in [2.75, 3.05) is 13.2 Å². The van der Waals surface area contributed by atoms with Gasteiger partial charge >= 0.3 is 0 Å². The van der Waals surface area contributed by atoms with Crippen LogP contribution in [-0.4, -0.2) is 19.1 Å². The van der Waals surface area contributed by atoms with Crippen molar-refractivity contribution >= 4 is 5.91 Å². The summed E-state index contributed by atoms with van der Waals surface area (Å²) in [5, 5.41) is 2.87. The molecule has 2 aromatic carbocycles. The maximum atomic E-state index is 12.0. The molecule has 2 rings (SSSR count). The SMILES string of the molecule is CCOc1cccc(CNC(=O)COc2ccccc2C(C)C)c1. The molecule has 4 heteroatoms. The summed E-state index contributed by atoms with van der Waals surface area (Å²) in [4.78, 5) is 12.0. The van der Waals surface area contributed by atoms with E-state index in [1.807, 2.05) is 55.5 Å². The average molecular weight is 327 g/mol. The lowest BCUT2D eigenvalue weighted by Gasteiger charge is -2.14. The first kappa shape index (κ1) is 17.9. The van der Waals surface area contributed by atoms with Gasteiger partial charge in [-0.05, 0) is 42.2 Å². The van der Waals surface area contributed by atoms with Crippen LogP contribution in [0.25, 0.3) is 0 Å². The lowest BCUT2D eigenvalue weighted by Crippen LogP contribution is -2.28. The van der Waals surface area contributed by atoms with Gasteiger partial charge in [-0.15, -0.1) is 0 Å². The smallest absolute Gasteiger partial charge is 0.258 e. The first-order valence-electron chi connectivity index (χ1n) is 8.30. The molecule has 0 aliphatic rings. The normalized spacial score (nSPS) is 10.5. The number of hydrogen-bond acceptors (Lipinski definition) is 3. The third kappa shape index (κ3) is 5.30. The topological polar surface area (TPSA) is 47.6 Å². The zero-order valence-electron chi connectivity index (χ0n) is 14.5. The van der Waals surface area contributed by atoms with Gasteiger partial charge < -0.3 is 14.8 Å². The third-order valence-electron chi connectivity index (χ3n) is 3.60. The Kier molecular flexibility index (Phi) is 6.67. The lowest BCUT2D eigenvalue weighted by atomic mass is 10.0. The van der Waals surface area contributed by atoms with Gasteiger partial charge in [0.05, 0.1) is 6.61 Å². The maximum absolute atomic E-state index is 12.0. The number of carbonyl (C=O) groups excluding carboxylic acids is 1. The fourth-order valence-corrected chi connectivity index (χ4v) is 2.40. The largest absolute Gasteiger partial charge is 0.494 e. The van der Waals surface area contributed by atoms with E-state index in [4.69, 9.17) is 9.47 Å². The van der Waals surface area contributed by atoms with E-state index in [2.05, 4.69) is 19.2 Å². The quantitative estimate of drug-likeness (QED) is 0.800. The zero-order valence-corrected chi connectivity index (χ0v) is 14.5. The van der Waals surface area contributed by atoms with Gasteiger partial charge in [-0.2, -0.15) is 0 Å². The predicted octanol–water partition coefficient (Wildman–Crippen LogP) is 3.90. The summed E-state index contributed by atoms with van der Waals surface area (Å²) in [7, 11) is 0. The van der Waals surface area contributed by atoms with E-state index in [0.29, 0.717) is 19.1 Å². The van der Waals surface area contributed by atoms with Crippen molar-refractivity contribution in [2.45, 2.75) is 33.2 Å². The molecule has 24 heavy (non-hydrogen) atoms. The number of amides is 1. The van der Waals surface area contributed by atoms with Crippen molar-refractivity contribution in [3.63, 3.8) is 0 Å². The van der Waals surface area contributed by atoms with E-state index in [1.165, 1.54) is 0 Å². The second-order valence-electron chi connectivity index (χ2n) is 5.84. The van der Waals surface area contributed by atoms with Crippen molar-refractivity contribution in [3.8, 4) is 11.5 Å². The Labute approximate surface area is 143 Å². The van der Waals surface area contributed by atoms with Gasteiger partial charge in [0.25, 0.3) is 5.91 Å².